The van der Waals surface area contributed by atoms with Gasteiger partial charge in [0.05, 0.1) is 39.8 Å². The van der Waals surface area contributed by atoms with Gasteiger partial charge in [-0.25, -0.2) is 4.79 Å². The largest absolute Gasteiger partial charge is 0.493 e. The molecule has 2 heterocycles. The number of rotatable bonds is 2. The highest BCUT2D eigenvalue weighted by atomic mass is 127. The number of nitrogens with zero attached hydrogens (tertiary/aromatic N) is 2. The van der Waals surface area contributed by atoms with E-state index >= 15 is 0 Å². The molecule has 22 heavy (non-hydrogen) atoms. The molecular weight excluding hydrogens is 442 g/mol. The zero-order valence-electron chi connectivity index (χ0n) is 11.7. The van der Waals surface area contributed by atoms with Crippen molar-refractivity contribution in [3.05, 3.63) is 25.4 Å². The Morgan fingerprint density at radius 2 is 2.18 bits per heavy atom. The molecule has 0 atom stereocenters. The third-order valence-corrected chi connectivity index (χ3v) is 5.67. The Kier molecular flexibility index (Phi) is 4.35. The molecule has 1 aliphatic rings. The highest BCUT2D eigenvalue weighted by molar-refractivity contribution is 14.1. The van der Waals surface area contributed by atoms with Crippen molar-refractivity contribution in [1.82, 2.24) is 9.47 Å². The van der Waals surface area contributed by atoms with E-state index in [0.29, 0.717) is 42.0 Å². The van der Waals surface area contributed by atoms with E-state index in [9.17, 15) is 9.90 Å². The van der Waals surface area contributed by atoms with Crippen LogP contribution < -0.4 is 4.74 Å². The monoisotopic (exact) mass is 454 g/mol. The van der Waals surface area contributed by atoms with Gasteiger partial charge in [0, 0.05) is 22.7 Å². The van der Waals surface area contributed by atoms with Gasteiger partial charge in [0.15, 0.2) is 0 Å². The van der Waals surface area contributed by atoms with Gasteiger partial charge in [-0.1, -0.05) is 23.2 Å². The van der Waals surface area contributed by atoms with Crippen molar-refractivity contribution in [3.63, 3.8) is 0 Å². The Labute approximate surface area is 150 Å². The Morgan fingerprint density at radius 3 is 2.82 bits per heavy atom. The Balaban J connectivity index is 2.28. The van der Waals surface area contributed by atoms with Crippen LogP contribution in [0.4, 0.5) is 4.79 Å². The molecule has 2 aromatic rings. The van der Waals surface area contributed by atoms with Crippen LogP contribution in [0.1, 0.15) is 12.6 Å². The number of carbonyl (C=O) groups is 1. The molecule has 0 bridgehead atoms. The van der Waals surface area contributed by atoms with Crippen molar-refractivity contribution >= 4 is 62.8 Å². The Bertz CT molecular complexity index is 776. The Hall–Kier alpha value is -0.860. The average molecular weight is 455 g/mol. The van der Waals surface area contributed by atoms with Crippen LogP contribution in [0.3, 0.4) is 0 Å². The molecule has 1 amide bonds. The lowest BCUT2D eigenvalue weighted by molar-refractivity contribution is 0.133. The molecule has 0 unspecified atom stereocenters. The van der Waals surface area contributed by atoms with Gasteiger partial charge in [-0.3, -0.25) is 0 Å². The molecule has 1 N–H and O–H groups in total. The van der Waals surface area contributed by atoms with Crippen LogP contribution >= 0.6 is 45.8 Å². The fraction of sp³-hybridized carbons (Fsp3) is 0.357. The molecule has 1 aromatic heterocycles. The van der Waals surface area contributed by atoms with Crippen molar-refractivity contribution in [2.24, 2.45) is 0 Å². The minimum absolute atomic E-state index is 0.335. The number of halogens is 3. The summed E-state index contributed by atoms with van der Waals surface area (Å²) >= 11 is 14.9. The molecule has 0 radical (unpaired) electrons. The summed E-state index contributed by atoms with van der Waals surface area (Å²) in [5.41, 5.74) is 1.75. The summed E-state index contributed by atoms with van der Waals surface area (Å²) in [4.78, 5) is 12.6. The molecule has 0 aliphatic carbocycles. The summed E-state index contributed by atoms with van der Waals surface area (Å²) in [5.74, 6) is 0.681. The number of amides is 1. The second kappa shape index (κ2) is 5.98. The van der Waals surface area contributed by atoms with Gasteiger partial charge >= 0.3 is 6.09 Å². The number of benzene rings is 1. The van der Waals surface area contributed by atoms with E-state index in [1.807, 2.05) is 11.5 Å². The highest BCUT2D eigenvalue weighted by Gasteiger charge is 2.28. The number of aromatic nitrogens is 1. The summed E-state index contributed by atoms with van der Waals surface area (Å²) in [7, 11) is 0. The van der Waals surface area contributed by atoms with Gasteiger partial charge in [0.25, 0.3) is 0 Å². The first kappa shape index (κ1) is 16.0. The van der Waals surface area contributed by atoms with Gasteiger partial charge in [-0.15, -0.1) is 0 Å². The molecular formula is C14H13Cl2IN2O3. The SMILES string of the molecule is CCOc1cc(Cl)c(Cl)c2c1c(I)c1n2CCN(C(=O)O)C1. The van der Waals surface area contributed by atoms with E-state index in [1.165, 1.54) is 4.90 Å². The number of ether oxygens (including phenoxy) is 1. The van der Waals surface area contributed by atoms with Crippen LogP contribution in [0.25, 0.3) is 10.9 Å². The highest BCUT2D eigenvalue weighted by Crippen LogP contribution is 2.43. The lowest BCUT2D eigenvalue weighted by Gasteiger charge is -2.27. The third kappa shape index (κ3) is 2.41. The van der Waals surface area contributed by atoms with Crippen LogP contribution in [-0.2, 0) is 13.1 Å². The Morgan fingerprint density at radius 1 is 1.45 bits per heavy atom. The molecule has 0 saturated carbocycles. The molecule has 8 heteroatoms. The van der Waals surface area contributed by atoms with E-state index in [-0.39, 0.29) is 0 Å². The smallest absolute Gasteiger partial charge is 0.407 e. The van der Waals surface area contributed by atoms with E-state index in [1.54, 1.807) is 6.07 Å². The maximum Gasteiger partial charge on any atom is 0.407 e. The predicted octanol–water partition coefficient (Wildman–Crippen LogP) is 4.45. The van der Waals surface area contributed by atoms with E-state index in [0.717, 1.165) is 20.2 Å². The first-order valence-corrected chi connectivity index (χ1v) is 8.58. The van der Waals surface area contributed by atoms with Gasteiger partial charge in [0.1, 0.15) is 5.75 Å². The average Bonchev–Trinajstić information content (AvgIpc) is 2.78. The maximum absolute atomic E-state index is 11.2. The van der Waals surface area contributed by atoms with E-state index in [2.05, 4.69) is 22.6 Å². The number of hydrogen-bond acceptors (Lipinski definition) is 2. The molecule has 0 fully saturated rings. The molecule has 0 saturated heterocycles. The molecule has 1 aliphatic heterocycles. The van der Waals surface area contributed by atoms with Crippen LogP contribution in [0.5, 0.6) is 5.75 Å². The normalized spacial score (nSPS) is 14.3. The van der Waals surface area contributed by atoms with E-state index in [4.69, 9.17) is 27.9 Å². The van der Waals surface area contributed by atoms with Crippen molar-refractivity contribution in [1.29, 1.82) is 0 Å². The lowest BCUT2D eigenvalue weighted by Crippen LogP contribution is -2.37. The van der Waals surface area contributed by atoms with Crippen LogP contribution in [0.15, 0.2) is 6.07 Å². The summed E-state index contributed by atoms with van der Waals surface area (Å²) in [6.07, 6.45) is -0.915. The molecule has 1 aromatic carbocycles. The minimum Gasteiger partial charge on any atom is -0.493 e. The van der Waals surface area contributed by atoms with Gasteiger partial charge in [-0.2, -0.15) is 0 Å². The second-order valence-corrected chi connectivity index (χ2v) is 6.81. The van der Waals surface area contributed by atoms with Crippen molar-refractivity contribution in [2.75, 3.05) is 13.2 Å². The van der Waals surface area contributed by atoms with Gasteiger partial charge in [-0.05, 0) is 29.5 Å². The fourth-order valence-electron chi connectivity index (χ4n) is 2.77. The van der Waals surface area contributed by atoms with Crippen molar-refractivity contribution in [3.8, 4) is 5.75 Å². The zero-order valence-corrected chi connectivity index (χ0v) is 15.4. The second-order valence-electron chi connectivity index (χ2n) is 4.94. The number of fused-ring (bicyclic) bond motifs is 3. The van der Waals surface area contributed by atoms with Crippen molar-refractivity contribution < 1.29 is 14.6 Å². The quantitative estimate of drug-likeness (QED) is 0.682. The topological polar surface area (TPSA) is 54.7 Å². The lowest BCUT2D eigenvalue weighted by atomic mass is 10.2. The third-order valence-electron chi connectivity index (χ3n) is 3.73. The van der Waals surface area contributed by atoms with Crippen molar-refractivity contribution in [2.45, 2.75) is 20.0 Å². The van der Waals surface area contributed by atoms with Gasteiger partial charge in [0.2, 0.25) is 0 Å². The van der Waals surface area contributed by atoms with Crippen LogP contribution in [0.2, 0.25) is 10.0 Å². The zero-order chi connectivity index (χ0) is 16.0. The molecule has 118 valence electrons. The first-order chi connectivity index (χ1) is 10.5. The summed E-state index contributed by atoms with van der Waals surface area (Å²) in [6.45, 7) is 3.73. The standard InChI is InChI=1S/C14H13Cl2IN2O3/c1-2-22-9-5-7(15)11(16)13-10(9)12(17)8-6-18(14(20)21)3-4-19(8)13/h5H,2-4,6H2,1H3,(H,20,21). The number of hydrogen-bond donors (Lipinski definition) is 1. The molecule has 5 nitrogen and oxygen atoms in total. The molecule has 0 spiro atoms. The summed E-state index contributed by atoms with van der Waals surface area (Å²) < 4.78 is 8.70. The molecule has 3 rings (SSSR count). The van der Waals surface area contributed by atoms with Crippen LogP contribution in [0, 0.1) is 3.57 Å². The number of carboxylic acid groups (broad SMARTS) is 1. The summed E-state index contributed by atoms with van der Waals surface area (Å²) in [6, 6.07) is 1.72. The van der Waals surface area contributed by atoms with Crippen LogP contribution in [-0.4, -0.2) is 33.8 Å². The van der Waals surface area contributed by atoms with Gasteiger partial charge < -0.3 is 19.3 Å². The minimum atomic E-state index is -0.915. The first-order valence-electron chi connectivity index (χ1n) is 6.74. The fourth-order valence-corrected chi connectivity index (χ4v) is 4.19. The van der Waals surface area contributed by atoms with E-state index < -0.39 is 6.09 Å². The maximum atomic E-state index is 11.2. The predicted molar refractivity (Wildman–Crippen MR) is 94.3 cm³/mol. The summed E-state index contributed by atoms with van der Waals surface area (Å²) in [5, 5.41) is 11.0.